The number of carbonyl (C=O) groups excluding carboxylic acids is 1. The molecule has 1 amide bonds. The third-order valence-corrected chi connectivity index (χ3v) is 5.52. The van der Waals surface area contributed by atoms with E-state index in [1.165, 1.54) is 0 Å². The van der Waals surface area contributed by atoms with E-state index in [1.54, 1.807) is 0 Å². The Kier molecular flexibility index (Phi) is 6.14. The van der Waals surface area contributed by atoms with Gasteiger partial charge in [-0.25, -0.2) is 0 Å². The maximum absolute atomic E-state index is 11.3. The molecule has 0 aliphatic carbocycles. The molecule has 152 valence electrons. The van der Waals surface area contributed by atoms with E-state index in [0.717, 1.165) is 62.3 Å². The maximum Gasteiger partial charge on any atom is 0.237 e. The van der Waals surface area contributed by atoms with E-state index in [1.807, 2.05) is 35.0 Å². The Morgan fingerprint density at radius 2 is 1.89 bits per heavy atom. The highest BCUT2D eigenvalue weighted by molar-refractivity contribution is 5.87. The molecule has 4 rings (SSSR count). The number of nitrogens with two attached hydrogens (primary N) is 1. The van der Waals surface area contributed by atoms with Gasteiger partial charge in [-0.1, -0.05) is 6.07 Å². The highest BCUT2D eigenvalue weighted by atomic mass is 16.5. The Balaban J connectivity index is 1.33. The molecule has 0 unspecified atom stereocenters. The highest BCUT2D eigenvalue weighted by Gasteiger charge is 2.24. The third-order valence-electron chi connectivity index (χ3n) is 5.52. The predicted octanol–water partition coefficient (Wildman–Crippen LogP) is 1.63. The molecule has 0 atom stereocenters. The molecule has 28 heavy (non-hydrogen) atoms. The third kappa shape index (κ3) is 4.66. The van der Waals surface area contributed by atoms with Crippen LogP contribution in [0, 0.1) is 5.92 Å². The van der Waals surface area contributed by atoms with Gasteiger partial charge in [-0.15, -0.1) is 0 Å². The first kappa shape index (κ1) is 19.2. The van der Waals surface area contributed by atoms with Crippen LogP contribution >= 0.6 is 0 Å². The van der Waals surface area contributed by atoms with Crippen LogP contribution in [0.15, 0.2) is 30.5 Å². The molecular formula is C21H29N3O4. The van der Waals surface area contributed by atoms with E-state index >= 15 is 0 Å². The molecule has 0 radical (unpaired) electrons. The second-order valence-electron chi connectivity index (χ2n) is 7.73. The lowest BCUT2D eigenvalue weighted by molar-refractivity contribution is -0.118. The van der Waals surface area contributed by atoms with Gasteiger partial charge < -0.3 is 29.4 Å². The average Bonchev–Trinajstić information content (AvgIpc) is 2.92. The van der Waals surface area contributed by atoms with Crippen molar-refractivity contribution < 1.29 is 19.0 Å². The van der Waals surface area contributed by atoms with Crippen LogP contribution in [0.25, 0.3) is 10.9 Å². The van der Waals surface area contributed by atoms with Crippen LogP contribution in [0.3, 0.4) is 0 Å². The fourth-order valence-corrected chi connectivity index (χ4v) is 4.13. The zero-order valence-corrected chi connectivity index (χ0v) is 16.2. The van der Waals surface area contributed by atoms with E-state index in [-0.39, 0.29) is 18.6 Å². The Labute approximate surface area is 165 Å². The molecule has 0 spiro atoms. The van der Waals surface area contributed by atoms with Gasteiger partial charge in [0.1, 0.15) is 18.4 Å². The summed E-state index contributed by atoms with van der Waals surface area (Å²) in [5, 5.41) is 1.03. The van der Waals surface area contributed by atoms with Crippen LogP contribution in [0.2, 0.25) is 0 Å². The lowest BCUT2D eigenvalue weighted by atomic mass is 10.0. The number of fused-ring (bicyclic) bond motifs is 1. The molecular weight excluding hydrogens is 358 g/mol. The SMILES string of the molecule is NC(=O)Cn1ccc2c(OC3CCN(CC4COCCOC4)CC3)cccc21. The van der Waals surface area contributed by atoms with Gasteiger partial charge in [-0.3, -0.25) is 4.79 Å². The molecule has 2 aliphatic heterocycles. The van der Waals surface area contributed by atoms with Gasteiger partial charge >= 0.3 is 0 Å². The van der Waals surface area contributed by atoms with Gasteiger partial charge in [0.05, 0.1) is 31.9 Å². The van der Waals surface area contributed by atoms with Crippen LogP contribution in [0.5, 0.6) is 5.75 Å². The first-order valence-electron chi connectivity index (χ1n) is 10.1. The first-order chi connectivity index (χ1) is 13.7. The van der Waals surface area contributed by atoms with Crippen molar-refractivity contribution >= 4 is 16.8 Å². The standard InChI is InChI=1S/C21H29N3O4/c22-21(25)13-24-9-6-18-19(24)2-1-3-20(18)28-17-4-7-23(8-5-17)12-16-14-26-10-11-27-15-16/h1-3,6,9,16-17H,4-5,7-8,10-15H2,(H2,22,25). The van der Waals surface area contributed by atoms with Crippen molar-refractivity contribution in [2.24, 2.45) is 11.7 Å². The van der Waals surface area contributed by atoms with E-state index in [2.05, 4.69) is 4.90 Å². The number of carbonyl (C=O) groups is 1. The number of hydrogen-bond donors (Lipinski definition) is 1. The number of ether oxygens (including phenoxy) is 3. The summed E-state index contributed by atoms with van der Waals surface area (Å²) in [6.07, 6.45) is 4.12. The van der Waals surface area contributed by atoms with Gasteiger partial charge in [-0.2, -0.15) is 0 Å². The van der Waals surface area contributed by atoms with Crippen molar-refractivity contribution in [1.82, 2.24) is 9.47 Å². The van der Waals surface area contributed by atoms with Gasteiger partial charge in [0.2, 0.25) is 5.91 Å². The number of rotatable bonds is 6. The van der Waals surface area contributed by atoms with Gasteiger partial charge in [0.15, 0.2) is 0 Å². The Bertz CT molecular complexity index is 790. The summed E-state index contributed by atoms with van der Waals surface area (Å²) in [5.74, 6) is 0.990. The first-order valence-corrected chi connectivity index (χ1v) is 10.1. The largest absolute Gasteiger partial charge is 0.490 e. The van der Waals surface area contributed by atoms with Crippen molar-refractivity contribution in [3.63, 3.8) is 0 Å². The zero-order chi connectivity index (χ0) is 19.3. The van der Waals surface area contributed by atoms with Crippen molar-refractivity contribution in [2.45, 2.75) is 25.5 Å². The molecule has 1 aromatic heterocycles. The molecule has 7 heteroatoms. The normalized spacial score (nSPS) is 20.3. The predicted molar refractivity (Wildman–Crippen MR) is 106 cm³/mol. The fraction of sp³-hybridized carbons (Fsp3) is 0.571. The van der Waals surface area contributed by atoms with Gasteiger partial charge in [0.25, 0.3) is 0 Å². The minimum atomic E-state index is -0.347. The molecule has 2 fully saturated rings. The van der Waals surface area contributed by atoms with Crippen molar-refractivity contribution in [2.75, 3.05) is 46.1 Å². The summed E-state index contributed by atoms with van der Waals surface area (Å²) >= 11 is 0. The number of primary amides is 1. The molecule has 0 bridgehead atoms. The van der Waals surface area contributed by atoms with Crippen LogP contribution in [-0.2, 0) is 20.8 Å². The molecule has 2 aromatic rings. The van der Waals surface area contributed by atoms with Crippen molar-refractivity contribution in [3.8, 4) is 5.75 Å². The fourth-order valence-electron chi connectivity index (χ4n) is 4.13. The zero-order valence-electron chi connectivity index (χ0n) is 16.2. The van der Waals surface area contributed by atoms with E-state index in [4.69, 9.17) is 19.9 Å². The van der Waals surface area contributed by atoms with E-state index in [9.17, 15) is 4.79 Å². The van der Waals surface area contributed by atoms with Crippen LogP contribution in [0.4, 0.5) is 0 Å². The minimum absolute atomic E-state index is 0.180. The Hall–Kier alpha value is -2.09. The Morgan fingerprint density at radius 3 is 2.61 bits per heavy atom. The number of nitrogens with zero attached hydrogens (tertiary/aromatic N) is 2. The van der Waals surface area contributed by atoms with E-state index in [0.29, 0.717) is 19.1 Å². The molecule has 2 aliphatic rings. The molecule has 3 heterocycles. The topological polar surface area (TPSA) is 79.0 Å². The molecule has 2 N–H and O–H groups in total. The number of benzene rings is 1. The lowest BCUT2D eigenvalue weighted by Crippen LogP contribution is -2.42. The molecule has 1 aromatic carbocycles. The number of amides is 1. The van der Waals surface area contributed by atoms with Crippen LogP contribution in [0.1, 0.15) is 12.8 Å². The second kappa shape index (κ2) is 8.94. The average molecular weight is 387 g/mol. The summed E-state index contributed by atoms with van der Waals surface area (Å²) in [5.41, 5.74) is 6.31. The summed E-state index contributed by atoms with van der Waals surface area (Å²) in [7, 11) is 0. The highest BCUT2D eigenvalue weighted by Crippen LogP contribution is 2.29. The Morgan fingerprint density at radius 1 is 1.14 bits per heavy atom. The lowest BCUT2D eigenvalue weighted by Gasteiger charge is -2.34. The van der Waals surface area contributed by atoms with Crippen molar-refractivity contribution in [1.29, 1.82) is 0 Å². The van der Waals surface area contributed by atoms with Gasteiger partial charge in [0, 0.05) is 37.1 Å². The second-order valence-corrected chi connectivity index (χ2v) is 7.73. The minimum Gasteiger partial charge on any atom is -0.490 e. The molecule has 0 saturated carbocycles. The summed E-state index contributed by atoms with van der Waals surface area (Å²) in [6, 6.07) is 7.96. The molecule has 7 nitrogen and oxygen atoms in total. The van der Waals surface area contributed by atoms with Crippen molar-refractivity contribution in [3.05, 3.63) is 30.5 Å². The number of aromatic nitrogens is 1. The summed E-state index contributed by atoms with van der Waals surface area (Å²) < 4.78 is 19.4. The summed E-state index contributed by atoms with van der Waals surface area (Å²) in [6.45, 7) is 6.26. The van der Waals surface area contributed by atoms with E-state index < -0.39 is 0 Å². The smallest absolute Gasteiger partial charge is 0.237 e. The number of likely N-dealkylation sites (tertiary alicyclic amines) is 1. The monoisotopic (exact) mass is 387 g/mol. The maximum atomic E-state index is 11.3. The van der Waals surface area contributed by atoms with Crippen LogP contribution in [-0.4, -0.2) is 67.5 Å². The quantitative estimate of drug-likeness (QED) is 0.815. The van der Waals surface area contributed by atoms with Gasteiger partial charge in [-0.05, 0) is 31.0 Å². The van der Waals surface area contributed by atoms with Crippen LogP contribution < -0.4 is 10.5 Å². The number of hydrogen-bond acceptors (Lipinski definition) is 5. The number of piperidine rings is 1. The summed E-state index contributed by atoms with van der Waals surface area (Å²) in [4.78, 5) is 13.7. The molecule has 2 saturated heterocycles.